The molecule has 170 valence electrons. The summed E-state index contributed by atoms with van der Waals surface area (Å²) in [6.45, 7) is 0.980. The number of aromatic nitrogens is 3. The van der Waals surface area contributed by atoms with E-state index in [1.807, 2.05) is 54.1 Å². The highest BCUT2D eigenvalue weighted by Gasteiger charge is 2.31. The fourth-order valence-corrected chi connectivity index (χ4v) is 3.74. The van der Waals surface area contributed by atoms with Crippen LogP contribution >= 0.6 is 0 Å². The highest BCUT2D eigenvalue weighted by atomic mass is 19.4. The highest BCUT2D eigenvalue weighted by Crippen LogP contribution is 2.36. The molecule has 3 N–H and O–H groups in total. The number of alkyl halides is 3. The van der Waals surface area contributed by atoms with Gasteiger partial charge in [0.05, 0.1) is 17.0 Å². The van der Waals surface area contributed by atoms with E-state index in [2.05, 4.69) is 15.3 Å². The lowest BCUT2D eigenvalue weighted by molar-refractivity contribution is -0.137. The zero-order valence-corrected chi connectivity index (χ0v) is 18.1. The van der Waals surface area contributed by atoms with Gasteiger partial charge in [-0.05, 0) is 36.4 Å². The largest absolute Gasteiger partial charge is 0.416 e. The van der Waals surface area contributed by atoms with E-state index in [9.17, 15) is 13.2 Å². The molecule has 33 heavy (non-hydrogen) atoms. The Morgan fingerprint density at radius 2 is 1.76 bits per heavy atom. The Balaban J connectivity index is 1.75. The minimum atomic E-state index is -4.43. The normalized spacial score (nSPS) is 11.5. The highest BCUT2D eigenvalue weighted by molar-refractivity contribution is 5.80. The van der Waals surface area contributed by atoms with Gasteiger partial charge in [0.25, 0.3) is 0 Å². The summed E-state index contributed by atoms with van der Waals surface area (Å²) in [5.74, 6) is 1.36. The molecule has 0 fully saturated rings. The van der Waals surface area contributed by atoms with Gasteiger partial charge in [-0.3, -0.25) is 0 Å². The van der Waals surface area contributed by atoms with Crippen LogP contribution in [-0.2, 0) is 26.2 Å². The van der Waals surface area contributed by atoms with Gasteiger partial charge in [-0.1, -0.05) is 42.5 Å². The topological polar surface area (TPSA) is 68.8 Å². The predicted octanol–water partition coefficient (Wildman–Crippen LogP) is 5.28. The number of nitrogens with one attached hydrogen (secondary N) is 1. The molecular weight excluding hydrogens is 427 g/mol. The van der Waals surface area contributed by atoms with Crippen LogP contribution in [0.2, 0.25) is 0 Å². The van der Waals surface area contributed by atoms with Crippen molar-refractivity contribution in [2.45, 2.75) is 19.1 Å². The molecule has 0 amide bonds. The fraction of sp³-hybridized carbons (Fsp3) is 0.200. The number of anilines is 1. The molecule has 2 aromatic heterocycles. The quantitative estimate of drug-likeness (QED) is 0.401. The third kappa shape index (κ3) is 5.06. The minimum Gasteiger partial charge on any atom is -0.366 e. The number of hydrogen-bond acceptors (Lipinski definition) is 4. The van der Waals surface area contributed by atoms with E-state index in [0.717, 1.165) is 23.3 Å². The van der Waals surface area contributed by atoms with Crippen molar-refractivity contribution in [3.63, 3.8) is 0 Å². The minimum absolute atomic E-state index is 0.381. The van der Waals surface area contributed by atoms with Crippen LogP contribution in [0.3, 0.4) is 0 Å². The number of rotatable bonds is 7. The van der Waals surface area contributed by atoms with Gasteiger partial charge in [-0.25, -0.2) is 9.97 Å². The molecule has 0 unspecified atom stereocenters. The van der Waals surface area contributed by atoms with Crippen molar-refractivity contribution in [3.8, 4) is 22.5 Å². The smallest absolute Gasteiger partial charge is 0.366 e. The predicted molar refractivity (Wildman–Crippen MR) is 123 cm³/mol. The summed E-state index contributed by atoms with van der Waals surface area (Å²) in [5, 5.41) is 3.30. The molecule has 0 bridgehead atoms. The summed E-state index contributed by atoms with van der Waals surface area (Å²) in [6, 6.07) is 18.9. The zero-order chi connectivity index (χ0) is 23.4. The van der Waals surface area contributed by atoms with Crippen LogP contribution in [0.4, 0.5) is 19.0 Å². The van der Waals surface area contributed by atoms with Crippen molar-refractivity contribution in [2.75, 3.05) is 11.9 Å². The maximum atomic E-state index is 13.3. The van der Waals surface area contributed by atoms with Crippen molar-refractivity contribution in [2.24, 2.45) is 12.8 Å². The molecule has 0 aliphatic rings. The summed E-state index contributed by atoms with van der Waals surface area (Å²) < 4.78 is 41.9. The Kier molecular flexibility index (Phi) is 6.46. The van der Waals surface area contributed by atoms with Crippen LogP contribution in [0.5, 0.6) is 0 Å². The average Bonchev–Trinajstić information content (AvgIpc) is 3.14. The molecule has 0 saturated heterocycles. The number of nitrogens with zero attached hydrogens (tertiary/aromatic N) is 3. The second-order valence-electron chi connectivity index (χ2n) is 7.67. The zero-order valence-electron chi connectivity index (χ0n) is 18.1. The van der Waals surface area contributed by atoms with E-state index < -0.39 is 11.7 Å². The monoisotopic (exact) mass is 451 g/mol. The number of nitrogens with two attached hydrogens (primary N) is 1. The Bertz CT molecular complexity index is 1230. The van der Waals surface area contributed by atoms with Gasteiger partial charge < -0.3 is 15.6 Å². The molecule has 0 atom stereocenters. The Morgan fingerprint density at radius 1 is 0.970 bits per heavy atom. The molecule has 4 rings (SSSR count). The maximum absolute atomic E-state index is 13.3. The Morgan fingerprint density at radius 3 is 2.48 bits per heavy atom. The molecular formula is C25H24F3N5. The molecule has 0 spiro atoms. The SMILES string of the molecule is Cn1c(CCN)nc(-c2cccc(C(F)(F)F)c2)c1-c1ccnc(NCc2ccccc2)c1. The van der Waals surface area contributed by atoms with Gasteiger partial charge in [0.1, 0.15) is 11.6 Å². The summed E-state index contributed by atoms with van der Waals surface area (Å²) in [4.78, 5) is 9.06. The van der Waals surface area contributed by atoms with Gasteiger partial charge in [0.15, 0.2) is 0 Å². The number of halogens is 3. The van der Waals surface area contributed by atoms with E-state index in [1.165, 1.54) is 6.07 Å². The standard InChI is InChI=1S/C25H24F3N5/c1-33-22(10-12-29)32-23(18-8-5-9-20(14-18)25(26,27)28)24(33)19-11-13-30-21(15-19)31-16-17-6-3-2-4-7-17/h2-9,11,13-15H,10,12,16,29H2,1H3,(H,30,31). The first-order valence-corrected chi connectivity index (χ1v) is 10.5. The third-order valence-corrected chi connectivity index (χ3v) is 5.37. The lowest BCUT2D eigenvalue weighted by Crippen LogP contribution is -2.08. The summed E-state index contributed by atoms with van der Waals surface area (Å²) in [5.41, 5.74) is 8.53. The van der Waals surface area contributed by atoms with Crippen molar-refractivity contribution >= 4 is 5.82 Å². The van der Waals surface area contributed by atoms with E-state index >= 15 is 0 Å². The Labute approximate surface area is 190 Å². The number of benzene rings is 2. The van der Waals surface area contributed by atoms with E-state index in [0.29, 0.717) is 48.1 Å². The van der Waals surface area contributed by atoms with E-state index in [4.69, 9.17) is 5.73 Å². The second-order valence-corrected chi connectivity index (χ2v) is 7.67. The third-order valence-electron chi connectivity index (χ3n) is 5.37. The molecule has 0 aliphatic heterocycles. The van der Waals surface area contributed by atoms with Crippen LogP contribution in [0.1, 0.15) is 17.0 Å². The first-order valence-electron chi connectivity index (χ1n) is 10.5. The molecule has 5 nitrogen and oxygen atoms in total. The fourth-order valence-electron chi connectivity index (χ4n) is 3.74. The van der Waals surface area contributed by atoms with Gasteiger partial charge in [-0.2, -0.15) is 13.2 Å². The van der Waals surface area contributed by atoms with Crippen LogP contribution in [0.25, 0.3) is 22.5 Å². The number of imidazole rings is 1. The van der Waals surface area contributed by atoms with Crippen LogP contribution in [-0.4, -0.2) is 21.1 Å². The average molecular weight is 451 g/mol. The summed E-state index contributed by atoms with van der Waals surface area (Å²) >= 11 is 0. The van der Waals surface area contributed by atoms with Crippen LogP contribution < -0.4 is 11.1 Å². The molecule has 2 heterocycles. The van der Waals surface area contributed by atoms with Crippen LogP contribution in [0.15, 0.2) is 72.9 Å². The first-order chi connectivity index (χ1) is 15.9. The molecule has 0 aliphatic carbocycles. The van der Waals surface area contributed by atoms with Gasteiger partial charge >= 0.3 is 6.18 Å². The van der Waals surface area contributed by atoms with E-state index in [-0.39, 0.29) is 0 Å². The van der Waals surface area contributed by atoms with Gasteiger partial charge in [-0.15, -0.1) is 0 Å². The van der Waals surface area contributed by atoms with Crippen molar-refractivity contribution in [1.82, 2.24) is 14.5 Å². The van der Waals surface area contributed by atoms with Crippen molar-refractivity contribution in [3.05, 3.63) is 89.9 Å². The first kappa shape index (κ1) is 22.5. The maximum Gasteiger partial charge on any atom is 0.416 e. The Hall–Kier alpha value is -3.65. The summed E-state index contributed by atoms with van der Waals surface area (Å²) in [6.07, 6.45) is -2.25. The lowest BCUT2D eigenvalue weighted by Gasteiger charge is -2.12. The summed E-state index contributed by atoms with van der Waals surface area (Å²) in [7, 11) is 1.85. The van der Waals surface area contributed by atoms with Crippen molar-refractivity contribution in [1.29, 1.82) is 0 Å². The number of pyridine rings is 1. The molecule has 8 heteroatoms. The molecule has 4 aromatic rings. The van der Waals surface area contributed by atoms with Crippen molar-refractivity contribution < 1.29 is 13.2 Å². The molecule has 0 saturated carbocycles. The van der Waals surface area contributed by atoms with Gasteiger partial charge in [0, 0.05) is 37.3 Å². The lowest BCUT2D eigenvalue weighted by atomic mass is 10.0. The molecule has 2 aromatic carbocycles. The van der Waals surface area contributed by atoms with Gasteiger partial charge in [0.2, 0.25) is 0 Å². The molecule has 0 radical (unpaired) electrons. The second kappa shape index (κ2) is 9.46. The van der Waals surface area contributed by atoms with E-state index in [1.54, 1.807) is 12.3 Å². The number of hydrogen-bond donors (Lipinski definition) is 2. The van der Waals surface area contributed by atoms with Crippen LogP contribution in [0, 0.1) is 0 Å².